The van der Waals surface area contributed by atoms with Gasteiger partial charge >= 0.3 is 0 Å². The Bertz CT molecular complexity index is 642. The van der Waals surface area contributed by atoms with Gasteiger partial charge in [0.25, 0.3) is 5.91 Å². The first kappa shape index (κ1) is 13.9. The van der Waals surface area contributed by atoms with Crippen molar-refractivity contribution in [3.63, 3.8) is 0 Å². The summed E-state index contributed by atoms with van der Waals surface area (Å²) in [5, 5.41) is 0. The van der Waals surface area contributed by atoms with Crippen molar-refractivity contribution in [1.29, 1.82) is 0 Å². The lowest BCUT2D eigenvalue weighted by Gasteiger charge is -2.27. The molecule has 2 aromatic rings. The Kier molecular flexibility index (Phi) is 4.05. The van der Waals surface area contributed by atoms with Crippen LogP contribution in [0, 0.1) is 6.92 Å². The Morgan fingerprint density at radius 2 is 1.48 bits per heavy atom. The highest BCUT2D eigenvalue weighted by Gasteiger charge is 2.21. The van der Waals surface area contributed by atoms with E-state index < -0.39 is 0 Å². The predicted molar refractivity (Wildman–Crippen MR) is 86.4 cm³/mol. The molecule has 0 aliphatic carbocycles. The van der Waals surface area contributed by atoms with Gasteiger partial charge in [-0.25, -0.2) is 0 Å². The summed E-state index contributed by atoms with van der Waals surface area (Å²) in [6.45, 7) is 3.87. The average Bonchev–Trinajstić information content (AvgIpc) is 2.55. The number of rotatable bonds is 2. The number of benzene rings is 2. The molecule has 2 aromatic carbocycles. The Morgan fingerprint density at radius 1 is 0.857 bits per heavy atom. The second-order valence-corrected chi connectivity index (χ2v) is 5.71. The first-order valence-electron chi connectivity index (χ1n) is 7.71. The highest BCUT2D eigenvalue weighted by atomic mass is 16.2. The Balaban J connectivity index is 2.00. The van der Waals surface area contributed by atoms with Crippen LogP contribution in [0.3, 0.4) is 0 Å². The van der Waals surface area contributed by atoms with E-state index in [0.29, 0.717) is 0 Å². The summed E-state index contributed by atoms with van der Waals surface area (Å²) in [4.78, 5) is 14.8. The van der Waals surface area contributed by atoms with Crippen molar-refractivity contribution in [2.24, 2.45) is 0 Å². The second-order valence-electron chi connectivity index (χ2n) is 5.71. The quantitative estimate of drug-likeness (QED) is 0.803. The number of likely N-dealkylation sites (tertiary alicyclic amines) is 1. The maximum atomic E-state index is 12.8. The molecule has 0 radical (unpaired) electrons. The number of hydrogen-bond acceptors (Lipinski definition) is 1. The van der Waals surface area contributed by atoms with Crippen LogP contribution < -0.4 is 0 Å². The molecule has 0 N–H and O–H groups in total. The number of hydrogen-bond donors (Lipinski definition) is 0. The minimum Gasteiger partial charge on any atom is -0.339 e. The van der Waals surface area contributed by atoms with Crippen LogP contribution in [0.2, 0.25) is 0 Å². The molecule has 0 aromatic heterocycles. The van der Waals surface area contributed by atoms with Crippen LogP contribution in [0.25, 0.3) is 11.1 Å². The lowest BCUT2D eigenvalue weighted by molar-refractivity contribution is 0.0725. The summed E-state index contributed by atoms with van der Waals surface area (Å²) in [5.41, 5.74) is 4.23. The molecule has 1 fully saturated rings. The zero-order chi connectivity index (χ0) is 14.7. The Labute approximate surface area is 126 Å². The van der Waals surface area contributed by atoms with E-state index in [2.05, 4.69) is 25.1 Å². The molecule has 1 aliphatic rings. The molecule has 0 saturated carbocycles. The molecule has 0 bridgehead atoms. The lowest BCUT2D eigenvalue weighted by Crippen LogP contribution is -2.35. The van der Waals surface area contributed by atoms with Gasteiger partial charge in [-0.05, 0) is 48.9 Å². The molecular formula is C19H21NO. The van der Waals surface area contributed by atoms with Crippen LogP contribution in [-0.2, 0) is 0 Å². The van der Waals surface area contributed by atoms with E-state index in [0.717, 1.165) is 42.6 Å². The molecule has 1 saturated heterocycles. The van der Waals surface area contributed by atoms with Crippen LogP contribution in [-0.4, -0.2) is 23.9 Å². The van der Waals surface area contributed by atoms with E-state index in [1.54, 1.807) is 0 Å². The Hall–Kier alpha value is -2.09. The van der Waals surface area contributed by atoms with Crippen LogP contribution in [0.4, 0.5) is 0 Å². The lowest BCUT2D eigenvalue weighted by atomic mass is 9.95. The van der Waals surface area contributed by atoms with E-state index >= 15 is 0 Å². The Morgan fingerprint density at radius 3 is 2.19 bits per heavy atom. The summed E-state index contributed by atoms with van der Waals surface area (Å²) < 4.78 is 0. The number of aryl methyl sites for hydroxylation is 1. The molecule has 0 spiro atoms. The predicted octanol–water partition coefficient (Wildman–Crippen LogP) is 4.29. The van der Waals surface area contributed by atoms with Crippen LogP contribution in [0.15, 0.2) is 48.5 Å². The van der Waals surface area contributed by atoms with Crippen LogP contribution in [0.5, 0.6) is 0 Å². The van der Waals surface area contributed by atoms with Crippen molar-refractivity contribution < 1.29 is 4.79 Å². The van der Waals surface area contributed by atoms with Crippen molar-refractivity contribution in [1.82, 2.24) is 4.90 Å². The van der Waals surface area contributed by atoms with Gasteiger partial charge in [0.1, 0.15) is 0 Å². The molecule has 0 atom stereocenters. The molecular weight excluding hydrogens is 258 g/mol. The first-order valence-corrected chi connectivity index (χ1v) is 7.71. The monoisotopic (exact) mass is 279 g/mol. The van der Waals surface area contributed by atoms with E-state index in [1.807, 2.05) is 35.2 Å². The number of piperidine rings is 1. The summed E-state index contributed by atoms with van der Waals surface area (Å²) in [5.74, 6) is 0.175. The molecule has 2 nitrogen and oxygen atoms in total. The van der Waals surface area contributed by atoms with Gasteiger partial charge in [0, 0.05) is 18.7 Å². The fourth-order valence-corrected chi connectivity index (χ4v) is 3.05. The largest absolute Gasteiger partial charge is 0.339 e. The topological polar surface area (TPSA) is 20.3 Å². The highest BCUT2D eigenvalue weighted by molar-refractivity contribution is 6.01. The molecule has 21 heavy (non-hydrogen) atoms. The number of carbonyl (C=O) groups is 1. The van der Waals surface area contributed by atoms with Crippen molar-refractivity contribution in [2.75, 3.05) is 13.1 Å². The SMILES string of the molecule is Cc1ccccc1-c1ccccc1C(=O)N1CCCCC1. The van der Waals surface area contributed by atoms with E-state index in [4.69, 9.17) is 0 Å². The summed E-state index contributed by atoms with van der Waals surface area (Å²) in [6, 6.07) is 16.2. The number of carbonyl (C=O) groups excluding carboxylic acids is 1. The number of nitrogens with zero attached hydrogens (tertiary/aromatic N) is 1. The van der Waals surface area contributed by atoms with Crippen molar-refractivity contribution in [3.8, 4) is 11.1 Å². The summed E-state index contributed by atoms with van der Waals surface area (Å²) in [7, 11) is 0. The normalized spacial score (nSPS) is 15.0. The van der Waals surface area contributed by atoms with Gasteiger partial charge in [0.05, 0.1) is 0 Å². The van der Waals surface area contributed by atoms with E-state index in [1.165, 1.54) is 12.0 Å². The summed E-state index contributed by atoms with van der Waals surface area (Å²) >= 11 is 0. The molecule has 0 unspecified atom stereocenters. The van der Waals surface area contributed by atoms with Crippen molar-refractivity contribution in [2.45, 2.75) is 26.2 Å². The average molecular weight is 279 g/mol. The maximum Gasteiger partial charge on any atom is 0.254 e. The van der Waals surface area contributed by atoms with Crippen molar-refractivity contribution >= 4 is 5.91 Å². The van der Waals surface area contributed by atoms with E-state index in [-0.39, 0.29) is 5.91 Å². The molecule has 108 valence electrons. The van der Waals surface area contributed by atoms with Gasteiger partial charge in [-0.15, -0.1) is 0 Å². The minimum atomic E-state index is 0.175. The number of amides is 1. The second kappa shape index (κ2) is 6.13. The molecule has 1 aliphatic heterocycles. The zero-order valence-corrected chi connectivity index (χ0v) is 12.5. The van der Waals surface area contributed by atoms with Gasteiger partial charge in [0.2, 0.25) is 0 Å². The first-order chi connectivity index (χ1) is 10.3. The zero-order valence-electron chi connectivity index (χ0n) is 12.5. The van der Waals surface area contributed by atoms with Gasteiger partial charge in [-0.1, -0.05) is 42.5 Å². The highest BCUT2D eigenvalue weighted by Crippen LogP contribution is 2.28. The third-order valence-corrected chi connectivity index (χ3v) is 4.24. The van der Waals surface area contributed by atoms with Gasteiger partial charge < -0.3 is 4.90 Å². The van der Waals surface area contributed by atoms with Crippen LogP contribution >= 0.6 is 0 Å². The standard InChI is InChI=1S/C19H21NO/c1-15-9-3-4-10-16(15)17-11-5-6-12-18(17)19(21)20-13-7-2-8-14-20/h3-6,9-12H,2,7-8,13-14H2,1H3. The van der Waals surface area contributed by atoms with Gasteiger partial charge in [-0.2, -0.15) is 0 Å². The summed E-state index contributed by atoms with van der Waals surface area (Å²) in [6.07, 6.45) is 3.49. The van der Waals surface area contributed by atoms with Crippen LogP contribution in [0.1, 0.15) is 35.2 Å². The van der Waals surface area contributed by atoms with E-state index in [9.17, 15) is 4.79 Å². The molecule has 1 amide bonds. The molecule has 3 rings (SSSR count). The fraction of sp³-hybridized carbons (Fsp3) is 0.316. The maximum absolute atomic E-state index is 12.8. The van der Waals surface area contributed by atoms with Gasteiger partial charge in [0.15, 0.2) is 0 Å². The fourth-order valence-electron chi connectivity index (χ4n) is 3.05. The van der Waals surface area contributed by atoms with Crippen molar-refractivity contribution in [3.05, 3.63) is 59.7 Å². The minimum absolute atomic E-state index is 0.175. The van der Waals surface area contributed by atoms with Gasteiger partial charge in [-0.3, -0.25) is 4.79 Å². The molecule has 2 heteroatoms. The molecule has 1 heterocycles. The smallest absolute Gasteiger partial charge is 0.254 e. The third kappa shape index (κ3) is 2.85. The third-order valence-electron chi connectivity index (χ3n) is 4.24.